The number of rotatable bonds is 6. The van der Waals surface area contributed by atoms with E-state index in [0.29, 0.717) is 18.1 Å². The number of methoxy groups -OCH3 is 1. The molecule has 160 valence electrons. The van der Waals surface area contributed by atoms with Crippen LogP contribution in [0.2, 0.25) is 0 Å². The molecule has 4 aromatic rings. The van der Waals surface area contributed by atoms with Crippen molar-refractivity contribution in [2.45, 2.75) is 19.2 Å². The number of hydrogen-bond donors (Lipinski definition) is 1. The van der Waals surface area contributed by atoms with Crippen LogP contribution >= 0.6 is 0 Å². The Balaban J connectivity index is 1.46. The molecular weight excluding hydrogens is 408 g/mol. The zero-order valence-electron chi connectivity index (χ0n) is 17.3. The lowest BCUT2D eigenvalue weighted by atomic mass is 9.96. The minimum atomic E-state index is -0.869. The van der Waals surface area contributed by atoms with Gasteiger partial charge in [0.1, 0.15) is 12.4 Å². The molecule has 1 atom stereocenters. The molecule has 1 N–H and O–H groups in total. The third-order valence-corrected chi connectivity index (χ3v) is 5.09. The molecule has 32 heavy (non-hydrogen) atoms. The van der Waals surface area contributed by atoms with Crippen LogP contribution in [0, 0.1) is 0 Å². The molecule has 8 nitrogen and oxygen atoms in total. The molecule has 0 saturated carbocycles. The summed E-state index contributed by atoms with van der Waals surface area (Å²) in [4.78, 5) is 17.8. The average molecular weight is 428 g/mol. The van der Waals surface area contributed by atoms with Crippen molar-refractivity contribution in [1.29, 1.82) is 0 Å². The molecule has 0 saturated heterocycles. The molecule has 8 heteroatoms. The van der Waals surface area contributed by atoms with Gasteiger partial charge in [-0.3, -0.25) is 9.79 Å². The van der Waals surface area contributed by atoms with Gasteiger partial charge < -0.3 is 18.9 Å². The average Bonchev–Trinajstić information content (AvgIpc) is 3.44. The first-order valence-electron chi connectivity index (χ1n) is 10.1. The van der Waals surface area contributed by atoms with E-state index in [9.17, 15) is 4.79 Å². The molecule has 0 radical (unpaired) electrons. The standard InChI is InChI=1S/C24H20N4O4/c1-30-14-17-11-12-20(31-17)23-27-28-24(32-23)26-22-19(29)13-16-9-5-6-10-18(16)21(25-22)15-7-3-2-4-8-15/h2-12,22H,13-14H2,1H3,(H,26,28). The number of aromatic nitrogens is 2. The molecule has 0 bridgehead atoms. The molecule has 0 fully saturated rings. The highest BCUT2D eigenvalue weighted by molar-refractivity contribution is 6.16. The lowest BCUT2D eigenvalue weighted by Crippen LogP contribution is -2.29. The fraction of sp³-hybridized carbons (Fsp3) is 0.167. The lowest BCUT2D eigenvalue weighted by Gasteiger charge is -2.11. The zero-order chi connectivity index (χ0) is 21.9. The highest BCUT2D eigenvalue weighted by atomic mass is 16.5. The highest BCUT2D eigenvalue weighted by Gasteiger charge is 2.27. The van der Waals surface area contributed by atoms with Crippen molar-refractivity contribution in [2.24, 2.45) is 4.99 Å². The number of aliphatic imine (C=N–C) groups is 1. The number of carbonyl (C=O) groups is 1. The van der Waals surface area contributed by atoms with E-state index in [1.165, 1.54) is 0 Å². The van der Waals surface area contributed by atoms with E-state index in [-0.39, 0.29) is 24.1 Å². The van der Waals surface area contributed by atoms with Gasteiger partial charge in [0.25, 0.3) is 5.89 Å². The Kier molecular flexibility index (Phi) is 5.35. The SMILES string of the molecule is COCc1ccc(-c2nnc(NC3N=C(c4ccccc4)c4ccccc4CC3=O)o2)o1. The minimum Gasteiger partial charge on any atom is -0.453 e. The summed E-state index contributed by atoms with van der Waals surface area (Å²) in [7, 11) is 1.59. The zero-order valence-corrected chi connectivity index (χ0v) is 17.3. The third kappa shape index (κ3) is 3.95. The highest BCUT2D eigenvalue weighted by Crippen LogP contribution is 2.25. The van der Waals surface area contributed by atoms with Crippen LogP contribution in [0.5, 0.6) is 0 Å². The molecule has 1 unspecified atom stereocenters. The topological polar surface area (TPSA) is 103 Å². The second kappa shape index (κ2) is 8.60. The Morgan fingerprint density at radius 2 is 1.81 bits per heavy atom. The van der Waals surface area contributed by atoms with Gasteiger partial charge in [0.15, 0.2) is 17.7 Å². The number of Topliss-reactive ketones (excluding diaryl/α,β-unsaturated/α-hetero) is 1. The molecule has 2 aromatic heterocycles. The van der Waals surface area contributed by atoms with Crippen LogP contribution in [0.25, 0.3) is 11.7 Å². The maximum absolute atomic E-state index is 13.0. The summed E-state index contributed by atoms with van der Waals surface area (Å²) in [6, 6.07) is 21.2. The van der Waals surface area contributed by atoms with Gasteiger partial charge in [-0.15, -0.1) is 5.10 Å². The predicted molar refractivity (Wildman–Crippen MR) is 117 cm³/mol. The van der Waals surface area contributed by atoms with E-state index in [0.717, 1.165) is 22.4 Å². The molecule has 1 aliphatic rings. The number of ketones is 1. The van der Waals surface area contributed by atoms with E-state index in [2.05, 4.69) is 15.5 Å². The largest absolute Gasteiger partial charge is 0.453 e. The number of carbonyl (C=O) groups excluding carboxylic acids is 1. The molecule has 5 rings (SSSR count). The molecular formula is C24H20N4O4. The van der Waals surface area contributed by atoms with Crippen LogP contribution in [-0.2, 0) is 22.6 Å². The maximum atomic E-state index is 13.0. The van der Waals surface area contributed by atoms with Gasteiger partial charge in [-0.05, 0) is 17.7 Å². The van der Waals surface area contributed by atoms with Gasteiger partial charge in [-0.2, -0.15) is 0 Å². The number of furan rings is 1. The van der Waals surface area contributed by atoms with Crippen molar-refractivity contribution < 1.29 is 18.4 Å². The minimum absolute atomic E-state index is 0.0881. The van der Waals surface area contributed by atoms with E-state index in [4.69, 9.17) is 18.6 Å². The van der Waals surface area contributed by atoms with Gasteiger partial charge in [0.05, 0.1) is 5.71 Å². The van der Waals surface area contributed by atoms with E-state index < -0.39 is 6.17 Å². The summed E-state index contributed by atoms with van der Waals surface area (Å²) in [5.41, 5.74) is 3.52. The van der Waals surface area contributed by atoms with E-state index >= 15 is 0 Å². The Morgan fingerprint density at radius 1 is 1.00 bits per heavy atom. The van der Waals surface area contributed by atoms with Crippen molar-refractivity contribution in [3.63, 3.8) is 0 Å². The normalized spacial score (nSPS) is 15.7. The summed E-state index contributed by atoms with van der Waals surface area (Å²) in [5.74, 6) is 1.17. The fourth-order valence-corrected chi connectivity index (χ4v) is 3.61. The van der Waals surface area contributed by atoms with Gasteiger partial charge in [0, 0.05) is 24.7 Å². The second-order valence-electron chi connectivity index (χ2n) is 7.30. The first kappa shape index (κ1) is 19.9. The van der Waals surface area contributed by atoms with Crippen molar-refractivity contribution in [3.05, 3.63) is 89.2 Å². The first-order chi connectivity index (χ1) is 15.7. The Labute approximate surface area is 184 Å². The first-order valence-corrected chi connectivity index (χ1v) is 10.1. The summed E-state index contributed by atoms with van der Waals surface area (Å²) in [6.45, 7) is 0.341. The van der Waals surface area contributed by atoms with Crippen LogP contribution in [-0.4, -0.2) is 35.0 Å². The quantitative estimate of drug-likeness (QED) is 0.497. The molecule has 0 spiro atoms. The van der Waals surface area contributed by atoms with Crippen LogP contribution in [0.3, 0.4) is 0 Å². The van der Waals surface area contributed by atoms with Crippen molar-refractivity contribution in [1.82, 2.24) is 10.2 Å². The van der Waals surface area contributed by atoms with Crippen LogP contribution < -0.4 is 5.32 Å². The molecule has 0 aliphatic carbocycles. The third-order valence-electron chi connectivity index (χ3n) is 5.09. The van der Waals surface area contributed by atoms with E-state index in [1.54, 1.807) is 19.2 Å². The number of hydrogen-bond acceptors (Lipinski definition) is 8. The molecule has 3 heterocycles. The lowest BCUT2D eigenvalue weighted by molar-refractivity contribution is -0.119. The van der Waals surface area contributed by atoms with Gasteiger partial charge >= 0.3 is 6.01 Å². The predicted octanol–water partition coefficient (Wildman–Crippen LogP) is 3.88. The number of fused-ring (bicyclic) bond motifs is 1. The smallest absolute Gasteiger partial charge is 0.317 e. The molecule has 1 aliphatic heterocycles. The van der Waals surface area contributed by atoms with Crippen molar-refractivity contribution >= 4 is 17.5 Å². The van der Waals surface area contributed by atoms with Gasteiger partial charge in [-0.25, -0.2) is 0 Å². The number of ether oxygens (including phenoxy) is 1. The second-order valence-corrected chi connectivity index (χ2v) is 7.30. The summed E-state index contributed by atoms with van der Waals surface area (Å²) in [5, 5.41) is 11.0. The molecule has 0 amide bonds. The van der Waals surface area contributed by atoms with Crippen LogP contribution in [0.4, 0.5) is 6.01 Å². The van der Waals surface area contributed by atoms with Crippen molar-refractivity contribution in [2.75, 3.05) is 12.4 Å². The summed E-state index contributed by atoms with van der Waals surface area (Å²) in [6.07, 6.45) is -0.626. The number of nitrogens with zero attached hydrogens (tertiary/aromatic N) is 3. The summed E-state index contributed by atoms with van der Waals surface area (Å²) >= 11 is 0. The summed E-state index contributed by atoms with van der Waals surface area (Å²) < 4.78 is 16.4. The fourth-order valence-electron chi connectivity index (χ4n) is 3.61. The number of anilines is 1. The Bertz CT molecular complexity index is 1280. The van der Waals surface area contributed by atoms with Crippen LogP contribution in [0.1, 0.15) is 22.5 Å². The Morgan fingerprint density at radius 3 is 2.66 bits per heavy atom. The Hall–Kier alpha value is -4.04. The van der Waals surface area contributed by atoms with E-state index in [1.807, 2.05) is 54.6 Å². The number of benzene rings is 2. The molecule has 2 aromatic carbocycles. The van der Waals surface area contributed by atoms with Crippen LogP contribution in [0.15, 0.2) is 80.6 Å². The monoisotopic (exact) mass is 428 g/mol. The van der Waals surface area contributed by atoms with Crippen molar-refractivity contribution in [3.8, 4) is 11.7 Å². The van der Waals surface area contributed by atoms with Gasteiger partial charge in [0.2, 0.25) is 0 Å². The number of nitrogens with one attached hydrogen (secondary N) is 1. The maximum Gasteiger partial charge on any atom is 0.317 e. The van der Waals surface area contributed by atoms with Gasteiger partial charge in [-0.1, -0.05) is 59.7 Å².